The summed E-state index contributed by atoms with van der Waals surface area (Å²) in [6.07, 6.45) is 4.25. The molecule has 1 atom stereocenters. The van der Waals surface area contributed by atoms with Crippen LogP contribution in [0.5, 0.6) is 34.5 Å². The van der Waals surface area contributed by atoms with E-state index in [0.717, 1.165) is 31.2 Å². The molecule has 0 aliphatic carbocycles. The van der Waals surface area contributed by atoms with Crippen LogP contribution < -0.4 is 33.3 Å². The molecule has 1 amide bonds. The molecule has 1 fully saturated rings. The highest BCUT2D eigenvalue weighted by molar-refractivity contribution is 6.15. The molecule has 1 aliphatic rings. The fourth-order valence-corrected chi connectivity index (χ4v) is 4.47. The summed E-state index contributed by atoms with van der Waals surface area (Å²) in [5.74, 6) is 2.75. The van der Waals surface area contributed by atoms with E-state index in [-0.39, 0.29) is 5.91 Å². The SMILES string of the molecule is C=C1C(=O)N(c2cc(OC)c(OC)c(OC)c2)[C@H]1c1ccc(OC)c(OC(C)(C)C)c1OCCCCCC. The second kappa shape index (κ2) is 12.3. The molecule has 3 rings (SSSR count). The number of benzene rings is 2. The standard InChI is InChI=1S/C30H41NO7/c1-10-11-12-13-16-37-26-21(14-15-22(33-6)28(26)38-30(3,4)5)25-19(2)29(32)31(25)20-17-23(34-7)27(36-9)24(18-20)35-8/h14-15,17-18,25H,2,10-13,16H2,1,3-9H3/t25-/m1/s1. The smallest absolute Gasteiger partial charge is 0.256 e. The molecule has 0 radical (unpaired) electrons. The third-order valence-electron chi connectivity index (χ3n) is 6.28. The number of carbonyl (C=O) groups is 1. The third-order valence-corrected chi connectivity index (χ3v) is 6.28. The van der Waals surface area contributed by atoms with Gasteiger partial charge in [0, 0.05) is 23.3 Å². The van der Waals surface area contributed by atoms with E-state index in [0.29, 0.717) is 52.4 Å². The molecular formula is C30H41NO7. The molecule has 0 unspecified atom stereocenters. The molecule has 8 nitrogen and oxygen atoms in total. The number of nitrogens with zero attached hydrogens (tertiary/aromatic N) is 1. The van der Waals surface area contributed by atoms with Gasteiger partial charge in [0.2, 0.25) is 11.5 Å². The van der Waals surface area contributed by atoms with Crippen molar-refractivity contribution in [3.05, 3.63) is 42.0 Å². The van der Waals surface area contributed by atoms with Crippen LogP contribution in [0.15, 0.2) is 36.4 Å². The fraction of sp³-hybridized carbons (Fsp3) is 0.500. The first-order valence-electron chi connectivity index (χ1n) is 13.0. The fourth-order valence-electron chi connectivity index (χ4n) is 4.47. The molecule has 1 heterocycles. The van der Waals surface area contributed by atoms with Crippen LogP contribution >= 0.6 is 0 Å². The van der Waals surface area contributed by atoms with E-state index in [1.807, 2.05) is 32.9 Å². The van der Waals surface area contributed by atoms with Gasteiger partial charge in [-0.2, -0.15) is 0 Å². The van der Waals surface area contributed by atoms with Crippen molar-refractivity contribution in [1.82, 2.24) is 0 Å². The van der Waals surface area contributed by atoms with Gasteiger partial charge >= 0.3 is 0 Å². The highest BCUT2D eigenvalue weighted by Gasteiger charge is 2.45. The summed E-state index contributed by atoms with van der Waals surface area (Å²) in [7, 11) is 6.22. The Balaban J connectivity index is 2.13. The molecule has 1 aliphatic heterocycles. The molecule has 0 spiro atoms. The highest BCUT2D eigenvalue weighted by atomic mass is 16.6. The second-order valence-electron chi connectivity index (χ2n) is 10.1. The number of hydrogen-bond donors (Lipinski definition) is 0. The van der Waals surface area contributed by atoms with Crippen molar-refractivity contribution in [2.24, 2.45) is 0 Å². The molecule has 208 valence electrons. The van der Waals surface area contributed by atoms with Gasteiger partial charge in [-0.1, -0.05) is 32.8 Å². The van der Waals surface area contributed by atoms with Gasteiger partial charge in [0.05, 0.1) is 46.8 Å². The first kappa shape index (κ1) is 29.0. The summed E-state index contributed by atoms with van der Waals surface area (Å²) in [4.78, 5) is 14.8. The molecule has 2 aromatic carbocycles. The van der Waals surface area contributed by atoms with Gasteiger partial charge < -0.3 is 28.4 Å². The first-order chi connectivity index (χ1) is 18.1. The Morgan fingerprint density at radius 3 is 2.00 bits per heavy atom. The van der Waals surface area contributed by atoms with Gasteiger partial charge in [0.15, 0.2) is 23.0 Å². The lowest BCUT2D eigenvalue weighted by molar-refractivity contribution is -0.119. The Labute approximate surface area is 226 Å². The van der Waals surface area contributed by atoms with E-state index >= 15 is 0 Å². The minimum absolute atomic E-state index is 0.202. The largest absolute Gasteiger partial charge is 0.493 e. The van der Waals surface area contributed by atoms with E-state index in [9.17, 15) is 4.79 Å². The van der Waals surface area contributed by atoms with Crippen molar-refractivity contribution in [1.29, 1.82) is 0 Å². The molecular weight excluding hydrogens is 486 g/mol. The van der Waals surface area contributed by atoms with Gasteiger partial charge in [0.1, 0.15) is 5.60 Å². The first-order valence-corrected chi connectivity index (χ1v) is 13.0. The number of ether oxygens (including phenoxy) is 6. The quantitative estimate of drug-likeness (QED) is 0.167. The van der Waals surface area contributed by atoms with Gasteiger partial charge in [-0.25, -0.2) is 0 Å². The van der Waals surface area contributed by atoms with Gasteiger partial charge in [-0.05, 0) is 39.3 Å². The zero-order valence-corrected chi connectivity index (χ0v) is 23.9. The maximum absolute atomic E-state index is 13.2. The Hall–Kier alpha value is -3.55. The van der Waals surface area contributed by atoms with Crippen molar-refractivity contribution in [3.63, 3.8) is 0 Å². The molecule has 0 aromatic heterocycles. The minimum atomic E-state index is -0.505. The topological polar surface area (TPSA) is 75.7 Å². The molecule has 2 aromatic rings. The molecule has 38 heavy (non-hydrogen) atoms. The monoisotopic (exact) mass is 527 g/mol. The van der Waals surface area contributed by atoms with E-state index in [4.69, 9.17) is 28.4 Å². The predicted octanol–water partition coefficient (Wildman–Crippen LogP) is 6.50. The minimum Gasteiger partial charge on any atom is -0.493 e. The molecule has 1 saturated heterocycles. The van der Waals surface area contributed by atoms with Crippen LogP contribution in [0.3, 0.4) is 0 Å². The number of anilines is 1. The summed E-state index contributed by atoms with van der Waals surface area (Å²) in [5, 5.41) is 0. The van der Waals surface area contributed by atoms with Gasteiger partial charge in [-0.3, -0.25) is 9.69 Å². The van der Waals surface area contributed by atoms with Crippen molar-refractivity contribution in [2.45, 2.75) is 65.0 Å². The van der Waals surface area contributed by atoms with Crippen molar-refractivity contribution in [3.8, 4) is 34.5 Å². The predicted molar refractivity (Wildman–Crippen MR) is 148 cm³/mol. The maximum Gasteiger partial charge on any atom is 0.256 e. The number of carbonyl (C=O) groups excluding carboxylic acids is 1. The number of unbranched alkanes of at least 4 members (excludes halogenated alkanes) is 3. The van der Waals surface area contributed by atoms with E-state index < -0.39 is 11.6 Å². The zero-order valence-electron chi connectivity index (χ0n) is 23.9. The number of rotatable bonds is 13. The van der Waals surface area contributed by atoms with Crippen LogP contribution in [-0.4, -0.2) is 46.6 Å². The van der Waals surface area contributed by atoms with Crippen LogP contribution in [0.4, 0.5) is 5.69 Å². The summed E-state index contributed by atoms with van der Waals surface area (Å²) in [6, 6.07) is 6.76. The number of hydrogen-bond acceptors (Lipinski definition) is 7. The highest BCUT2D eigenvalue weighted by Crippen LogP contribution is 2.52. The van der Waals surface area contributed by atoms with Crippen molar-refractivity contribution < 1.29 is 33.2 Å². The Morgan fingerprint density at radius 2 is 1.47 bits per heavy atom. The lowest BCUT2D eigenvalue weighted by Crippen LogP contribution is -2.49. The summed E-state index contributed by atoms with van der Waals surface area (Å²) >= 11 is 0. The summed E-state index contributed by atoms with van der Waals surface area (Å²) in [6.45, 7) is 12.7. The van der Waals surface area contributed by atoms with Crippen LogP contribution in [0.25, 0.3) is 0 Å². The van der Waals surface area contributed by atoms with Crippen LogP contribution in [0.1, 0.15) is 65.0 Å². The van der Waals surface area contributed by atoms with Crippen LogP contribution in [0.2, 0.25) is 0 Å². The normalized spacial score (nSPS) is 15.2. The van der Waals surface area contributed by atoms with Crippen molar-refractivity contribution in [2.75, 3.05) is 39.9 Å². The Bertz CT molecular complexity index is 1130. The molecule has 0 saturated carbocycles. The third kappa shape index (κ3) is 5.95. The lowest BCUT2D eigenvalue weighted by atomic mass is 9.87. The van der Waals surface area contributed by atoms with Crippen LogP contribution in [-0.2, 0) is 4.79 Å². The molecule has 0 bridgehead atoms. The number of amides is 1. The Kier molecular flexibility index (Phi) is 9.41. The summed E-state index contributed by atoms with van der Waals surface area (Å²) < 4.78 is 34.9. The van der Waals surface area contributed by atoms with Crippen LogP contribution in [0, 0.1) is 0 Å². The molecule has 8 heteroatoms. The van der Waals surface area contributed by atoms with E-state index in [1.165, 1.54) is 7.11 Å². The average Bonchev–Trinajstić information content (AvgIpc) is 2.89. The maximum atomic E-state index is 13.2. The second-order valence-corrected chi connectivity index (χ2v) is 10.1. The van der Waals surface area contributed by atoms with E-state index in [1.54, 1.807) is 38.4 Å². The number of β-lactam (4-membered cyclic amide) rings is 1. The molecule has 0 N–H and O–H groups in total. The van der Waals surface area contributed by atoms with Gasteiger partial charge in [-0.15, -0.1) is 0 Å². The Morgan fingerprint density at radius 1 is 0.842 bits per heavy atom. The number of methoxy groups -OCH3 is 4. The zero-order chi connectivity index (χ0) is 28.0. The van der Waals surface area contributed by atoms with E-state index in [2.05, 4.69) is 13.5 Å². The summed E-state index contributed by atoms with van der Waals surface area (Å²) in [5.41, 5.74) is 1.29. The lowest BCUT2D eigenvalue weighted by Gasteiger charge is -2.43. The van der Waals surface area contributed by atoms with Crippen molar-refractivity contribution >= 4 is 11.6 Å². The average molecular weight is 528 g/mol. The van der Waals surface area contributed by atoms with Gasteiger partial charge in [0.25, 0.3) is 5.91 Å².